The third-order valence-corrected chi connectivity index (χ3v) is 0.872. The summed E-state index contributed by atoms with van der Waals surface area (Å²) in [6.45, 7) is 3.32. The molecular weight excluding hydrogens is 106 g/mol. The van der Waals surface area contributed by atoms with Crippen LogP contribution in [0.4, 0.5) is 0 Å². The Morgan fingerprint density at radius 2 is 2.50 bits per heavy atom. The highest BCUT2D eigenvalue weighted by atomic mass is 16.5. The van der Waals surface area contributed by atoms with Crippen LogP contribution in [0.3, 0.4) is 0 Å². The van der Waals surface area contributed by atoms with Crippen LogP contribution in [-0.2, 0) is 4.74 Å². The van der Waals surface area contributed by atoms with E-state index in [0.717, 1.165) is 0 Å². The van der Waals surface area contributed by atoms with Crippen LogP contribution in [0.2, 0.25) is 0 Å². The minimum absolute atomic E-state index is 0.118. The van der Waals surface area contributed by atoms with Gasteiger partial charge in [-0.2, -0.15) is 0 Å². The number of rotatable bonds is 3. The van der Waals surface area contributed by atoms with E-state index in [4.69, 9.17) is 10.8 Å². The van der Waals surface area contributed by atoms with Gasteiger partial charge in [0.1, 0.15) is 5.76 Å². The number of hydrogen-bond donors (Lipinski definition) is 2. The Hall–Kier alpha value is -0.540. The van der Waals surface area contributed by atoms with Gasteiger partial charge in [-0.25, -0.2) is 0 Å². The molecule has 0 aliphatic heterocycles. The van der Waals surface area contributed by atoms with Gasteiger partial charge in [0.05, 0.1) is 19.8 Å². The standard InChI is InChI=1S/C5H11NO2/c1-4(8-2)5(6)3-7/h5,7H,1,3,6H2,2H3. The van der Waals surface area contributed by atoms with Crippen molar-refractivity contribution in [3.63, 3.8) is 0 Å². The van der Waals surface area contributed by atoms with Crippen molar-refractivity contribution >= 4 is 0 Å². The van der Waals surface area contributed by atoms with E-state index >= 15 is 0 Å². The molecule has 0 spiro atoms. The molecule has 1 unspecified atom stereocenters. The van der Waals surface area contributed by atoms with Crippen molar-refractivity contribution in [2.45, 2.75) is 6.04 Å². The Bertz CT molecular complexity index is 82.5. The number of hydrogen-bond acceptors (Lipinski definition) is 3. The van der Waals surface area contributed by atoms with Gasteiger partial charge in [0.2, 0.25) is 0 Å². The lowest BCUT2D eigenvalue weighted by atomic mass is 10.3. The molecule has 0 aromatic rings. The SMILES string of the molecule is C=C(OC)C(N)CO. The summed E-state index contributed by atoms with van der Waals surface area (Å²) in [6, 6.07) is -0.444. The zero-order valence-electron chi connectivity index (χ0n) is 4.92. The molecule has 0 aliphatic carbocycles. The largest absolute Gasteiger partial charge is 0.500 e. The lowest BCUT2D eigenvalue weighted by molar-refractivity contribution is 0.212. The summed E-state index contributed by atoms with van der Waals surface area (Å²) < 4.78 is 4.62. The van der Waals surface area contributed by atoms with Gasteiger partial charge in [0, 0.05) is 0 Å². The average Bonchev–Trinajstić information content (AvgIpc) is 1.84. The summed E-state index contributed by atoms with van der Waals surface area (Å²) in [7, 11) is 1.47. The predicted molar refractivity (Wildman–Crippen MR) is 31.2 cm³/mol. The van der Waals surface area contributed by atoms with Gasteiger partial charge in [-0.1, -0.05) is 6.58 Å². The van der Waals surface area contributed by atoms with Crippen molar-refractivity contribution in [3.8, 4) is 0 Å². The van der Waals surface area contributed by atoms with Gasteiger partial charge in [-0.3, -0.25) is 0 Å². The van der Waals surface area contributed by atoms with E-state index in [1.165, 1.54) is 7.11 Å². The van der Waals surface area contributed by atoms with Gasteiger partial charge >= 0.3 is 0 Å². The lowest BCUT2D eigenvalue weighted by Crippen LogP contribution is -2.26. The predicted octanol–water partition coefficient (Wildman–Crippen LogP) is -0.534. The Morgan fingerprint density at radius 1 is 2.00 bits per heavy atom. The quantitative estimate of drug-likeness (QED) is 0.488. The third kappa shape index (κ3) is 1.95. The minimum atomic E-state index is -0.444. The van der Waals surface area contributed by atoms with Crippen molar-refractivity contribution in [1.82, 2.24) is 0 Å². The molecule has 0 aromatic heterocycles. The van der Waals surface area contributed by atoms with Crippen LogP contribution in [0.15, 0.2) is 12.3 Å². The van der Waals surface area contributed by atoms with Crippen LogP contribution < -0.4 is 5.73 Å². The van der Waals surface area contributed by atoms with Crippen LogP contribution >= 0.6 is 0 Å². The normalized spacial score (nSPS) is 12.9. The Kier molecular flexibility index (Phi) is 3.23. The summed E-state index contributed by atoms with van der Waals surface area (Å²) in [6.07, 6.45) is 0. The molecule has 0 bridgehead atoms. The molecule has 0 rings (SSSR count). The van der Waals surface area contributed by atoms with E-state index in [-0.39, 0.29) is 6.61 Å². The van der Waals surface area contributed by atoms with Gasteiger partial charge in [-0.15, -0.1) is 0 Å². The zero-order chi connectivity index (χ0) is 6.57. The second-order valence-corrected chi connectivity index (χ2v) is 1.46. The Morgan fingerprint density at radius 3 is 2.62 bits per heavy atom. The highest BCUT2D eigenvalue weighted by Gasteiger charge is 2.02. The molecule has 0 saturated heterocycles. The van der Waals surface area contributed by atoms with Crippen LogP contribution in [0, 0.1) is 0 Å². The van der Waals surface area contributed by atoms with Crippen LogP contribution in [0.1, 0.15) is 0 Å². The fraction of sp³-hybridized carbons (Fsp3) is 0.600. The van der Waals surface area contributed by atoms with E-state index in [0.29, 0.717) is 5.76 Å². The Balaban J connectivity index is 3.46. The summed E-state index contributed by atoms with van der Waals surface area (Å²) in [5.74, 6) is 0.410. The van der Waals surface area contributed by atoms with E-state index in [9.17, 15) is 0 Å². The van der Waals surface area contributed by atoms with Crippen molar-refractivity contribution < 1.29 is 9.84 Å². The molecule has 1 atom stereocenters. The molecule has 3 heteroatoms. The number of ether oxygens (including phenoxy) is 1. The molecule has 0 radical (unpaired) electrons. The first-order chi connectivity index (χ1) is 3.72. The molecule has 0 heterocycles. The topological polar surface area (TPSA) is 55.5 Å². The fourth-order valence-corrected chi connectivity index (χ4v) is 0.253. The smallest absolute Gasteiger partial charge is 0.107 e. The van der Waals surface area contributed by atoms with Gasteiger partial charge in [0.15, 0.2) is 0 Å². The van der Waals surface area contributed by atoms with Crippen LogP contribution in [0.25, 0.3) is 0 Å². The third-order valence-electron chi connectivity index (χ3n) is 0.872. The number of aliphatic hydroxyl groups is 1. The summed E-state index contributed by atoms with van der Waals surface area (Å²) in [4.78, 5) is 0. The summed E-state index contributed by atoms with van der Waals surface area (Å²) >= 11 is 0. The van der Waals surface area contributed by atoms with Gasteiger partial charge < -0.3 is 15.6 Å². The van der Waals surface area contributed by atoms with E-state index < -0.39 is 6.04 Å². The maximum Gasteiger partial charge on any atom is 0.107 e. The maximum atomic E-state index is 8.37. The lowest BCUT2D eigenvalue weighted by Gasteiger charge is -2.08. The second-order valence-electron chi connectivity index (χ2n) is 1.46. The summed E-state index contributed by atoms with van der Waals surface area (Å²) in [5, 5.41) is 8.37. The number of nitrogens with two attached hydrogens (primary N) is 1. The van der Waals surface area contributed by atoms with E-state index in [1.807, 2.05) is 0 Å². The van der Waals surface area contributed by atoms with E-state index in [1.54, 1.807) is 0 Å². The monoisotopic (exact) mass is 117 g/mol. The molecule has 3 N–H and O–H groups in total. The molecule has 0 aliphatic rings. The van der Waals surface area contributed by atoms with Crippen molar-refractivity contribution in [2.75, 3.05) is 13.7 Å². The average molecular weight is 117 g/mol. The first kappa shape index (κ1) is 7.46. The molecule has 0 aromatic carbocycles. The van der Waals surface area contributed by atoms with E-state index in [2.05, 4.69) is 11.3 Å². The summed E-state index contributed by atoms with van der Waals surface area (Å²) in [5.41, 5.74) is 5.25. The van der Waals surface area contributed by atoms with Crippen molar-refractivity contribution in [2.24, 2.45) is 5.73 Å². The second kappa shape index (κ2) is 3.46. The molecule has 8 heavy (non-hydrogen) atoms. The number of methoxy groups -OCH3 is 1. The highest BCUT2D eigenvalue weighted by Crippen LogP contribution is 1.93. The van der Waals surface area contributed by atoms with Gasteiger partial charge in [0.25, 0.3) is 0 Å². The maximum absolute atomic E-state index is 8.37. The number of aliphatic hydroxyl groups excluding tert-OH is 1. The fourth-order valence-electron chi connectivity index (χ4n) is 0.253. The zero-order valence-corrected chi connectivity index (χ0v) is 4.92. The molecule has 0 fully saturated rings. The van der Waals surface area contributed by atoms with Crippen LogP contribution in [0.5, 0.6) is 0 Å². The van der Waals surface area contributed by atoms with Crippen LogP contribution in [-0.4, -0.2) is 24.9 Å². The first-order valence-corrected chi connectivity index (χ1v) is 2.31. The molecule has 0 amide bonds. The molecule has 0 saturated carbocycles. The molecular formula is C5H11NO2. The van der Waals surface area contributed by atoms with Crippen molar-refractivity contribution in [3.05, 3.63) is 12.3 Å². The van der Waals surface area contributed by atoms with Crippen molar-refractivity contribution in [1.29, 1.82) is 0 Å². The highest BCUT2D eigenvalue weighted by molar-refractivity contribution is 4.93. The molecule has 3 nitrogen and oxygen atoms in total. The minimum Gasteiger partial charge on any atom is -0.500 e. The molecule has 48 valence electrons. The Labute approximate surface area is 48.8 Å². The first-order valence-electron chi connectivity index (χ1n) is 2.31. The van der Waals surface area contributed by atoms with Gasteiger partial charge in [-0.05, 0) is 0 Å².